The Balaban J connectivity index is 1.61. The fourth-order valence-electron chi connectivity index (χ4n) is 3.16. The fraction of sp³-hybridized carbons (Fsp3) is 0.0400. The zero-order chi connectivity index (χ0) is 20.2. The van der Waals surface area contributed by atoms with Crippen LogP contribution in [0.2, 0.25) is 0 Å². The third-order valence-electron chi connectivity index (χ3n) is 4.69. The molecule has 0 saturated carbocycles. The Morgan fingerprint density at radius 2 is 1.48 bits per heavy atom. The van der Waals surface area contributed by atoms with E-state index >= 15 is 0 Å². The molecule has 4 aromatic rings. The van der Waals surface area contributed by atoms with Gasteiger partial charge in [0.1, 0.15) is 5.82 Å². The largest absolute Gasteiger partial charge is 0.322 e. The molecule has 29 heavy (non-hydrogen) atoms. The fourth-order valence-corrected chi connectivity index (χ4v) is 3.16. The van der Waals surface area contributed by atoms with Crippen LogP contribution in [0.1, 0.15) is 15.9 Å². The van der Waals surface area contributed by atoms with E-state index in [0.717, 1.165) is 28.1 Å². The van der Waals surface area contributed by atoms with Crippen molar-refractivity contribution >= 4 is 11.6 Å². The number of carbonyl (C=O) groups excluding carboxylic acids is 1. The third-order valence-corrected chi connectivity index (χ3v) is 4.69. The zero-order valence-corrected chi connectivity index (χ0v) is 15.9. The first-order valence-electron chi connectivity index (χ1n) is 9.30. The average molecular weight is 382 g/mol. The van der Waals surface area contributed by atoms with E-state index in [-0.39, 0.29) is 11.7 Å². The van der Waals surface area contributed by atoms with Crippen molar-refractivity contribution in [1.29, 1.82) is 0 Å². The molecule has 142 valence electrons. The number of pyridine rings is 1. The van der Waals surface area contributed by atoms with Crippen LogP contribution in [-0.4, -0.2) is 10.9 Å². The second-order valence-corrected chi connectivity index (χ2v) is 6.76. The van der Waals surface area contributed by atoms with E-state index in [2.05, 4.69) is 5.32 Å². The highest BCUT2D eigenvalue weighted by Gasteiger charge is 2.10. The standard InChI is InChI=1S/C25H19FN2O/c1-17-6-2-3-9-22(17)25(29)27-21-8-4-7-19(16-21)24-11-5-10-23(28-24)18-12-14-20(26)15-13-18/h2-16H,1H3,(H,27,29). The van der Waals surface area contributed by atoms with Crippen molar-refractivity contribution in [1.82, 2.24) is 4.98 Å². The Bertz CT molecular complexity index is 1170. The molecular weight excluding hydrogens is 363 g/mol. The number of hydrogen-bond acceptors (Lipinski definition) is 2. The number of nitrogens with zero attached hydrogens (tertiary/aromatic N) is 1. The van der Waals surface area contributed by atoms with E-state index in [1.807, 2.05) is 73.7 Å². The molecule has 0 aliphatic carbocycles. The van der Waals surface area contributed by atoms with Gasteiger partial charge in [-0.1, -0.05) is 36.4 Å². The van der Waals surface area contributed by atoms with Crippen molar-refractivity contribution in [3.8, 4) is 22.5 Å². The summed E-state index contributed by atoms with van der Waals surface area (Å²) in [6.45, 7) is 1.91. The van der Waals surface area contributed by atoms with Crippen LogP contribution >= 0.6 is 0 Å². The summed E-state index contributed by atoms with van der Waals surface area (Å²) in [5.41, 5.74) is 5.54. The Morgan fingerprint density at radius 1 is 0.793 bits per heavy atom. The van der Waals surface area contributed by atoms with Crippen LogP contribution in [0.5, 0.6) is 0 Å². The van der Waals surface area contributed by atoms with Crippen LogP contribution in [0.3, 0.4) is 0 Å². The maximum absolute atomic E-state index is 13.2. The van der Waals surface area contributed by atoms with Crippen LogP contribution in [0.25, 0.3) is 22.5 Å². The molecule has 0 unspecified atom stereocenters. The SMILES string of the molecule is Cc1ccccc1C(=O)Nc1cccc(-c2cccc(-c3ccc(F)cc3)n2)c1. The van der Waals surface area contributed by atoms with Gasteiger partial charge >= 0.3 is 0 Å². The summed E-state index contributed by atoms with van der Waals surface area (Å²) in [6, 6.07) is 27.0. The number of rotatable bonds is 4. The number of nitrogens with one attached hydrogen (secondary N) is 1. The van der Waals surface area contributed by atoms with Crippen molar-refractivity contribution in [2.75, 3.05) is 5.32 Å². The summed E-state index contributed by atoms with van der Waals surface area (Å²) in [7, 11) is 0. The Morgan fingerprint density at radius 3 is 2.24 bits per heavy atom. The van der Waals surface area contributed by atoms with Gasteiger partial charge in [0, 0.05) is 22.4 Å². The van der Waals surface area contributed by atoms with Crippen molar-refractivity contribution in [2.24, 2.45) is 0 Å². The first-order valence-corrected chi connectivity index (χ1v) is 9.30. The lowest BCUT2D eigenvalue weighted by molar-refractivity contribution is 0.102. The molecule has 0 spiro atoms. The second kappa shape index (κ2) is 8.07. The molecule has 0 fully saturated rings. The van der Waals surface area contributed by atoms with E-state index in [0.29, 0.717) is 11.3 Å². The predicted octanol–water partition coefficient (Wildman–Crippen LogP) is 6.12. The number of carbonyl (C=O) groups is 1. The number of amides is 1. The minimum Gasteiger partial charge on any atom is -0.322 e. The average Bonchev–Trinajstić information content (AvgIpc) is 2.75. The molecule has 0 bridgehead atoms. The van der Waals surface area contributed by atoms with Gasteiger partial charge in [-0.25, -0.2) is 9.37 Å². The number of hydrogen-bond donors (Lipinski definition) is 1. The lowest BCUT2D eigenvalue weighted by Gasteiger charge is -2.10. The van der Waals surface area contributed by atoms with Gasteiger partial charge in [0.05, 0.1) is 11.4 Å². The Kier molecular flexibility index (Phi) is 5.16. The predicted molar refractivity (Wildman–Crippen MR) is 114 cm³/mol. The number of anilines is 1. The Hall–Kier alpha value is -3.79. The Labute approximate surface area is 168 Å². The molecule has 1 aromatic heterocycles. The summed E-state index contributed by atoms with van der Waals surface area (Å²) in [5.74, 6) is -0.421. The van der Waals surface area contributed by atoms with Gasteiger partial charge in [-0.2, -0.15) is 0 Å². The third kappa shape index (κ3) is 4.22. The number of benzene rings is 3. The van der Waals surface area contributed by atoms with Crippen molar-refractivity contribution in [3.63, 3.8) is 0 Å². The number of aryl methyl sites for hydroxylation is 1. The van der Waals surface area contributed by atoms with E-state index in [9.17, 15) is 9.18 Å². The lowest BCUT2D eigenvalue weighted by Crippen LogP contribution is -2.13. The normalized spacial score (nSPS) is 10.6. The maximum Gasteiger partial charge on any atom is 0.255 e. The monoisotopic (exact) mass is 382 g/mol. The molecule has 0 atom stereocenters. The molecule has 1 N–H and O–H groups in total. The first kappa shape index (κ1) is 18.6. The highest BCUT2D eigenvalue weighted by molar-refractivity contribution is 6.05. The van der Waals surface area contributed by atoms with Gasteiger partial charge in [0.2, 0.25) is 0 Å². The topological polar surface area (TPSA) is 42.0 Å². The molecule has 4 rings (SSSR count). The van der Waals surface area contributed by atoms with Crippen LogP contribution < -0.4 is 5.32 Å². The molecule has 0 aliphatic rings. The molecule has 4 heteroatoms. The molecule has 3 nitrogen and oxygen atoms in total. The van der Waals surface area contributed by atoms with Gasteiger partial charge in [-0.05, 0) is 67.1 Å². The van der Waals surface area contributed by atoms with Crippen molar-refractivity contribution in [3.05, 3.63) is 108 Å². The molecule has 1 amide bonds. The quantitative estimate of drug-likeness (QED) is 0.462. The number of halogens is 1. The van der Waals surface area contributed by atoms with Crippen LogP contribution in [0.4, 0.5) is 10.1 Å². The smallest absolute Gasteiger partial charge is 0.255 e. The van der Waals surface area contributed by atoms with Crippen LogP contribution in [0, 0.1) is 12.7 Å². The van der Waals surface area contributed by atoms with Gasteiger partial charge < -0.3 is 5.32 Å². The van der Waals surface area contributed by atoms with Gasteiger partial charge in [0.15, 0.2) is 0 Å². The number of aromatic nitrogens is 1. The summed E-state index contributed by atoms with van der Waals surface area (Å²) in [5, 5.41) is 2.95. The minimum atomic E-state index is -0.276. The van der Waals surface area contributed by atoms with E-state index in [1.54, 1.807) is 12.1 Å². The van der Waals surface area contributed by atoms with Crippen molar-refractivity contribution in [2.45, 2.75) is 6.92 Å². The molecule has 1 heterocycles. The highest BCUT2D eigenvalue weighted by atomic mass is 19.1. The summed E-state index contributed by atoms with van der Waals surface area (Å²) >= 11 is 0. The van der Waals surface area contributed by atoms with E-state index in [1.165, 1.54) is 12.1 Å². The van der Waals surface area contributed by atoms with E-state index < -0.39 is 0 Å². The second-order valence-electron chi connectivity index (χ2n) is 6.76. The maximum atomic E-state index is 13.2. The summed E-state index contributed by atoms with van der Waals surface area (Å²) in [4.78, 5) is 17.3. The molecule has 0 aliphatic heterocycles. The van der Waals surface area contributed by atoms with Gasteiger partial charge in [-0.3, -0.25) is 4.79 Å². The summed E-state index contributed by atoms with van der Waals surface area (Å²) < 4.78 is 13.2. The molecule has 0 saturated heterocycles. The highest BCUT2D eigenvalue weighted by Crippen LogP contribution is 2.25. The van der Waals surface area contributed by atoms with Crippen LogP contribution in [0.15, 0.2) is 91.0 Å². The minimum absolute atomic E-state index is 0.145. The zero-order valence-electron chi connectivity index (χ0n) is 15.9. The molecule has 3 aromatic carbocycles. The summed E-state index contributed by atoms with van der Waals surface area (Å²) in [6.07, 6.45) is 0. The van der Waals surface area contributed by atoms with E-state index in [4.69, 9.17) is 4.98 Å². The molecular formula is C25H19FN2O. The van der Waals surface area contributed by atoms with Crippen molar-refractivity contribution < 1.29 is 9.18 Å². The van der Waals surface area contributed by atoms with Gasteiger partial charge in [0.25, 0.3) is 5.91 Å². The van der Waals surface area contributed by atoms with Crippen LogP contribution in [-0.2, 0) is 0 Å². The molecule has 0 radical (unpaired) electrons. The van der Waals surface area contributed by atoms with Gasteiger partial charge in [-0.15, -0.1) is 0 Å². The lowest BCUT2D eigenvalue weighted by atomic mass is 10.1. The first-order chi connectivity index (χ1) is 14.1.